The van der Waals surface area contributed by atoms with Crippen molar-refractivity contribution < 1.29 is 18.3 Å². The second-order valence-corrected chi connectivity index (χ2v) is 6.14. The van der Waals surface area contributed by atoms with Gasteiger partial charge in [0.1, 0.15) is 0 Å². The molecule has 0 aliphatic heterocycles. The average Bonchev–Trinajstić information content (AvgIpc) is 2.65. The van der Waals surface area contributed by atoms with Crippen molar-refractivity contribution in [3.8, 4) is 0 Å². The Morgan fingerprint density at radius 3 is 2.32 bits per heavy atom. The molecule has 0 saturated heterocycles. The summed E-state index contributed by atoms with van der Waals surface area (Å²) in [5.74, 6) is -3.20. The Hall–Kier alpha value is -0.670. The Labute approximate surface area is 113 Å². The molecule has 2 nitrogen and oxygen atoms in total. The molecule has 4 heteroatoms. The molecule has 0 amide bonds. The number of hydrogen-bond acceptors (Lipinski definition) is 2. The molecule has 0 spiro atoms. The predicted octanol–water partition coefficient (Wildman–Crippen LogP) is 4.18. The third-order valence-corrected chi connectivity index (χ3v) is 4.89. The third-order valence-electron chi connectivity index (χ3n) is 4.89. The summed E-state index contributed by atoms with van der Waals surface area (Å²) in [5, 5.41) is 0. The van der Waals surface area contributed by atoms with Crippen LogP contribution in [0.5, 0.6) is 0 Å². The summed E-state index contributed by atoms with van der Waals surface area (Å²) in [6, 6.07) is 0. The fraction of sp³-hybridized carbons (Fsp3) is 0.933. The number of methoxy groups -OCH3 is 1. The summed E-state index contributed by atoms with van der Waals surface area (Å²) in [4.78, 5) is 11.8. The van der Waals surface area contributed by atoms with Gasteiger partial charge in [0, 0.05) is 12.8 Å². The van der Waals surface area contributed by atoms with Crippen molar-refractivity contribution >= 4 is 5.97 Å². The Kier molecular flexibility index (Phi) is 4.80. The molecule has 0 N–H and O–H groups in total. The van der Waals surface area contributed by atoms with E-state index in [1.165, 1.54) is 32.8 Å². The summed E-state index contributed by atoms with van der Waals surface area (Å²) in [6.45, 7) is 0. The fourth-order valence-corrected chi connectivity index (χ4v) is 3.87. The lowest BCUT2D eigenvalue weighted by molar-refractivity contribution is -0.159. The van der Waals surface area contributed by atoms with Crippen molar-refractivity contribution in [2.24, 2.45) is 17.8 Å². The zero-order valence-corrected chi connectivity index (χ0v) is 11.7. The van der Waals surface area contributed by atoms with E-state index in [1.807, 2.05) is 0 Å². The monoisotopic (exact) mass is 274 g/mol. The summed E-state index contributed by atoms with van der Waals surface area (Å²) in [5.41, 5.74) is 0. The average molecular weight is 274 g/mol. The number of ether oxygens (including phenoxy) is 1. The first kappa shape index (κ1) is 14.7. The Morgan fingerprint density at radius 2 is 1.74 bits per heavy atom. The van der Waals surface area contributed by atoms with Gasteiger partial charge in [0.25, 0.3) is 0 Å². The molecule has 2 unspecified atom stereocenters. The van der Waals surface area contributed by atoms with Gasteiger partial charge in [-0.25, -0.2) is 8.78 Å². The van der Waals surface area contributed by atoms with E-state index in [-0.39, 0.29) is 18.8 Å². The molecule has 110 valence electrons. The molecule has 2 fully saturated rings. The number of carbonyl (C=O) groups is 1. The Bertz CT molecular complexity index is 309. The van der Waals surface area contributed by atoms with Gasteiger partial charge in [-0.3, -0.25) is 4.79 Å². The fourth-order valence-electron chi connectivity index (χ4n) is 3.87. The number of rotatable bonds is 2. The van der Waals surface area contributed by atoms with Gasteiger partial charge in [-0.15, -0.1) is 0 Å². The van der Waals surface area contributed by atoms with Crippen molar-refractivity contribution in [1.29, 1.82) is 0 Å². The second-order valence-electron chi connectivity index (χ2n) is 6.14. The van der Waals surface area contributed by atoms with E-state index in [0.29, 0.717) is 12.3 Å². The van der Waals surface area contributed by atoms with Gasteiger partial charge in [0.05, 0.1) is 13.0 Å². The largest absolute Gasteiger partial charge is 0.469 e. The van der Waals surface area contributed by atoms with Crippen LogP contribution in [-0.2, 0) is 9.53 Å². The molecule has 2 rings (SSSR count). The topological polar surface area (TPSA) is 26.3 Å². The summed E-state index contributed by atoms with van der Waals surface area (Å²) >= 11 is 0. The highest BCUT2D eigenvalue weighted by molar-refractivity contribution is 5.73. The van der Waals surface area contributed by atoms with Crippen LogP contribution in [0.4, 0.5) is 8.78 Å². The Morgan fingerprint density at radius 1 is 1.11 bits per heavy atom. The van der Waals surface area contributed by atoms with E-state index >= 15 is 0 Å². The van der Waals surface area contributed by atoms with Crippen molar-refractivity contribution in [2.45, 2.75) is 63.7 Å². The lowest BCUT2D eigenvalue weighted by Crippen LogP contribution is -2.40. The molecule has 0 radical (unpaired) electrons. The van der Waals surface area contributed by atoms with Crippen molar-refractivity contribution in [3.05, 3.63) is 0 Å². The standard InChI is InChI=1S/C15H24F2O2/c1-19-14(18)13-10-15(16,17)9-8-12(13)11-6-4-2-3-5-7-11/h11-13H,2-10H2,1H3. The molecular formula is C15H24F2O2. The van der Waals surface area contributed by atoms with Gasteiger partial charge in [0.2, 0.25) is 5.92 Å². The van der Waals surface area contributed by atoms with E-state index in [2.05, 4.69) is 0 Å². The number of carbonyl (C=O) groups excluding carboxylic acids is 1. The SMILES string of the molecule is COC(=O)C1CC(F)(F)CCC1C1CCCCCC1. The summed E-state index contributed by atoms with van der Waals surface area (Å²) < 4.78 is 31.9. The van der Waals surface area contributed by atoms with E-state index in [1.54, 1.807) is 0 Å². The molecule has 0 aromatic heterocycles. The minimum atomic E-state index is -2.69. The maximum atomic E-state index is 13.6. The quantitative estimate of drug-likeness (QED) is 0.557. The van der Waals surface area contributed by atoms with Crippen molar-refractivity contribution in [1.82, 2.24) is 0 Å². The molecule has 0 aromatic rings. The normalized spacial score (nSPS) is 32.6. The van der Waals surface area contributed by atoms with Gasteiger partial charge < -0.3 is 4.74 Å². The number of esters is 1. The highest BCUT2D eigenvalue weighted by atomic mass is 19.3. The lowest BCUT2D eigenvalue weighted by Gasteiger charge is -2.38. The zero-order chi connectivity index (χ0) is 13.9. The van der Waals surface area contributed by atoms with E-state index in [9.17, 15) is 13.6 Å². The molecule has 2 saturated carbocycles. The number of hydrogen-bond donors (Lipinski definition) is 0. The van der Waals surface area contributed by atoms with Crippen LogP contribution in [0, 0.1) is 17.8 Å². The van der Waals surface area contributed by atoms with Crippen LogP contribution in [0.3, 0.4) is 0 Å². The third kappa shape index (κ3) is 3.67. The molecule has 2 aliphatic rings. The summed E-state index contributed by atoms with van der Waals surface area (Å²) in [7, 11) is 1.30. The van der Waals surface area contributed by atoms with Gasteiger partial charge in [-0.2, -0.15) is 0 Å². The van der Waals surface area contributed by atoms with Crippen LogP contribution in [0.1, 0.15) is 57.8 Å². The maximum Gasteiger partial charge on any atom is 0.309 e. The molecule has 2 aliphatic carbocycles. The predicted molar refractivity (Wildman–Crippen MR) is 69.0 cm³/mol. The molecule has 0 heterocycles. The molecule has 0 bridgehead atoms. The van der Waals surface area contributed by atoms with Gasteiger partial charge in [-0.05, 0) is 18.3 Å². The second kappa shape index (κ2) is 6.19. The lowest BCUT2D eigenvalue weighted by atomic mass is 9.69. The molecule has 0 aromatic carbocycles. The molecule has 2 atom stereocenters. The van der Waals surface area contributed by atoms with E-state index < -0.39 is 17.8 Å². The van der Waals surface area contributed by atoms with E-state index in [4.69, 9.17) is 4.74 Å². The van der Waals surface area contributed by atoms with Crippen LogP contribution in [0.25, 0.3) is 0 Å². The smallest absolute Gasteiger partial charge is 0.309 e. The first-order valence-electron chi connectivity index (χ1n) is 7.49. The molecular weight excluding hydrogens is 250 g/mol. The van der Waals surface area contributed by atoms with Crippen LogP contribution < -0.4 is 0 Å². The zero-order valence-electron chi connectivity index (χ0n) is 11.7. The first-order chi connectivity index (χ1) is 9.03. The minimum Gasteiger partial charge on any atom is -0.469 e. The van der Waals surface area contributed by atoms with Gasteiger partial charge >= 0.3 is 5.97 Å². The van der Waals surface area contributed by atoms with Crippen LogP contribution >= 0.6 is 0 Å². The minimum absolute atomic E-state index is 0.0678. The first-order valence-corrected chi connectivity index (χ1v) is 7.49. The van der Waals surface area contributed by atoms with Gasteiger partial charge in [-0.1, -0.05) is 38.5 Å². The maximum absolute atomic E-state index is 13.6. The number of halogens is 2. The van der Waals surface area contributed by atoms with Gasteiger partial charge in [0.15, 0.2) is 0 Å². The van der Waals surface area contributed by atoms with Crippen molar-refractivity contribution in [3.63, 3.8) is 0 Å². The molecule has 19 heavy (non-hydrogen) atoms. The van der Waals surface area contributed by atoms with Crippen molar-refractivity contribution in [2.75, 3.05) is 7.11 Å². The van der Waals surface area contributed by atoms with Crippen LogP contribution in [0.2, 0.25) is 0 Å². The van der Waals surface area contributed by atoms with Crippen LogP contribution in [-0.4, -0.2) is 19.0 Å². The van der Waals surface area contributed by atoms with Crippen LogP contribution in [0.15, 0.2) is 0 Å². The summed E-state index contributed by atoms with van der Waals surface area (Å²) in [6.07, 6.45) is 7.08. The van der Waals surface area contributed by atoms with E-state index in [0.717, 1.165) is 12.8 Å². The highest BCUT2D eigenvalue weighted by Crippen LogP contribution is 2.46. The number of alkyl halides is 2. The highest BCUT2D eigenvalue weighted by Gasteiger charge is 2.47. The Balaban J connectivity index is 2.09.